The second kappa shape index (κ2) is 4.78. The van der Waals surface area contributed by atoms with E-state index >= 15 is 0 Å². The van der Waals surface area contributed by atoms with Gasteiger partial charge in [0.05, 0.1) is 18.2 Å². The van der Waals surface area contributed by atoms with Gasteiger partial charge in [-0.15, -0.1) is 0 Å². The number of allylic oxidation sites excluding steroid dienone is 1. The van der Waals surface area contributed by atoms with Crippen LogP contribution in [0.4, 0.5) is 0 Å². The number of para-hydroxylation sites is 1. The number of fused-ring (bicyclic) bond motifs is 1. The second-order valence-electron chi connectivity index (χ2n) is 4.49. The van der Waals surface area contributed by atoms with Crippen molar-refractivity contribution < 1.29 is 4.74 Å². The normalized spacial score (nSPS) is 17.1. The molecule has 92 valence electrons. The van der Waals surface area contributed by atoms with E-state index in [-0.39, 0.29) is 6.04 Å². The Morgan fingerprint density at radius 3 is 2.94 bits per heavy atom. The lowest BCUT2D eigenvalue weighted by Gasteiger charge is -2.21. The van der Waals surface area contributed by atoms with Crippen LogP contribution in [-0.4, -0.2) is 11.6 Å². The first kappa shape index (κ1) is 11.2. The molecule has 0 fully saturated rings. The number of aromatic nitrogens is 1. The minimum Gasteiger partial charge on any atom is -0.496 e. The fourth-order valence-electron chi connectivity index (χ4n) is 2.34. The zero-order valence-electron chi connectivity index (χ0n) is 10.2. The van der Waals surface area contributed by atoms with E-state index in [2.05, 4.69) is 17.1 Å². The first-order valence-corrected chi connectivity index (χ1v) is 6.28. The minimum atomic E-state index is -0.196. The van der Waals surface area contributed by atoms with E-state index in [1.807, 2.05) is 24.3 Å². The summed E-state index contributed by atoms with van der Waals surface area (Å²) in [4.78, 5) is 4.35. The Labute approximate surface area is 106 Å². The van der Waals surface area contributed by atoms with Crippen molar-refractivity contribution >= 4 is 10.9 Å². The van der Waals surface area contributed by atoms with Crippen LogP contribution in [0.15, 0.2) is 48.4 Å². The summed E-state index contributed by atoms with van der Waals surface area (Å²) in [7, 11) is 0. The van der Waals surface area contributed by atoms with Gasteiger partial charge in [-0.25, -0.2) is 0 Å². The Bertz CT molecular complexity index is 587. The standard InChI is InChI=1S/C15H16N2O/c16-15(14-7-3-4-10-18-14)12-8-9-17-13-6-2-1-5-11(12)13/h1-2,5-9,15H,3-4,10,16H2. The summed E-state index contributed by atoms with van der Waals surface area (Å²) in [6.07, 6.45) is 6.03. The third-order valence-electron chi connectivity index (χ3n) is 3.29. The van der Waals surface area contributed by atoms with Crippen molar-refractivity contribution in [1.29, 1.82) is 0 Å². The molecule has 1 aliphatic rings. The third-order valence-corrected chi connectivity index (χ3v) is 3.29. The largest absolute Gasteiger partial charge is 0.496 e. The van der Waals surface area contributed by atoms with Crippen LogP contribution in [0.25, 0.3) is 10.9 Å². The molecule has 1 aliphatic heterocycles. The van der Waals surface area contributed by atoms with Crippen molar-refractivity contribution in [2.75, 3.05) is 6.61 Å². The van der Waals surface area contributed by atoms with Crippen LogP contribution in [0.1, 0.15) is 24.4 Å². The molecule has 0 bridgehead atoms. The number of hydrogen-bond acceptors (Lipinski definition) is 3. The van der Waals surface area contributed by atoms with Crippen LogP contribution >= 0.6 is 0 Å². The maximum Gasteiger partial charge on any atom is 0.113 e. The molecule has 2 N–H and O–H groups in total. The summed E-state index contributed by atoms with van der Waals surface area (Å²) in [5, 5.41) is 1.10. The molecule has 0 spiro atoms. The monoisotopic (exact) mass is 240 g/mol. The smallest absolute Gasteiger partial charge is 0.113 e. The summed E-state index contributed by atoms with van der Waals surface area (Å²) < 4.78 is 5.66. The summed E-state index contributed by atoms with van der Waals surface area (Å²) in [5.74, 6) is 0.887. The highest BCUT2D eigenvalue weighted by atomic mass is 16.5. The average molecular weight is 240 g/mol. The van der Waals surface area contributed by atoms with E-state index in [1.165, 1.54) is 0 Å². The van der Waals surface area contributed by atoms with Gasteiger partial charge in [-0.3, -0.25) is 4.98 Å². The van der Waals surface area contributed by atoms with Crippen LogP contribution in [-0.2, 0) is 4.74 Å². The zero-order valence-corrected chi connectivity index (χ0v) is 10.2. The number of nitrogens with zero attached hydrogens (tertiary/aromatic N) is 1. The fourth-order valence-corrected chi connectivity index (χ4v) is 2.34. The lowest BCUT2D eigenvalue weighted by molar-refractivity contribution is 0.176. The minimum absolute atomic E-state index is 0.196. The molecule has 1 aromatic carbocycles. The third kappa shape index (κ3) is 1.97. The van der Waals surface area contributed by atoms with Gasteiger partial charge in [0.15, 0.2) is 0 Å². The van der Waals surface area contributed by atoms with E-state index in [4.69, 9.17) is 10.5 Å². The highest BCUT2D eigenvalue weighted by molar-refractivity contribution is 5.82. The Kier molecular flexibility index (Phi) is 2.99. The Morgan fingerprint density at radius 1 is 1.22 bits per heavy atom. The first-order chi connectivity index (χ1) is 8.86. The highest BCUT2D eigenvalue weighted by Crippen LogP contribution is 2.28. The van der Waals surface area contributed by atoms with Crippen molar-refractivity contribution in [3.63, 3.8) is 0 Å². The predicted molar refractivity (Wildman–Crippen MR) is 71.9 cm³/mol. The molecular weight excluding hydrogens is 224 g/mol. The van der Waals surface area contributed by atoms with E-state index in [1.54, 1.807) is 6.20 Å². The second-order valence-corrected chi connectivity index (χ2v) is 4.49. The molecule has 2 aromatic rings. The number of rotatable bonds is 2. The quantitative estimate of drug-likeness (QED) is 0.878. The SMILES string of the molecule is NC(C1=CCCCO1)c1ccnc2ccccc12. The molecule has 0 saturated heterocycles. The maximum atomic E-state index is 6.31. The summed E-state index contributed by atoms with van der Waals surface area (Å²) in [6.45, 7) is 0.766. The van der Waals surface area contributed by atoms with Crippen LogP contribution in [0.3, 0.4) is 0 Å². The molecule has 0 aliphatic carbocycles. The van der Waals surface area contributed by atoms with Crippen molar-refractivity contribution in [2.45, 2.75) is 18.9 Å². The number of nitrogens with two attached hydrogens (primary N) is 1. The molecule has 3 heteroatoms. The first-order valence-electron chi connectivity index (χ1n) is 6.28. The molecule has 1 unspecified atom stereocenters. The predicted octanol–water partition coefficient (Wildman–Crippen LogP) is 2.93. The van der Waals surface area contributed by atoms with Crippen molar-refractivity contribution in [3.8, 4) is 0 Å². The molecular formula is C15H16N2O. The van der Waals surface area contributed by atoms with Gasteiger partial charge < -0.3 is 10.5 Å². The van der Waals surface area contributed by atoms with Gasteiger partial charge in [0.2, 0.25) is 0 Å². The van der Waals surface area contributed by atoms with Crippen LogP contribution in [0, 0.1) is 0 Å². The molecule has 18 heavy (non-hydrogen) atoms. The molecule has 1 atom stereocenters. The Hall–Kier alpha value is -1.87. The van der Waals surface area contributed by atoms with E-state index in [0.717, 1.165) is 41.7 Å². The number of benzene rings is 1. The van der Waals surface area contributed by atoms with Crippen LogP contribution in [0.5, 0.6) is 0 Å². The van der Waals surface area contributed by atoms with Crippen LogP contribution in [0.2, 0.25) is 0 Å². The zero-order chi connectivity index (χ0) is 12.4. The molecule has 3 nitrogen and oxygen atoms in total. The van der Waals surface area contributed by atoms with Gasteiger partial charge in [0.1, 0.15) is 5.76 Å². The Morgan fingerprint density at radius 2 is 2.11 bits per heavy atom. The summed E-state index contributed by atoms with van der Waals surface area (Å²) in [6, 6.07) is 9.84. The molecule has 3 rings (SSSR count). The summed E-state index contributed by atoms with van der Waals surface area (Å²) >= 11 is 0. The molecule has 2 heterocycles. The average Bonchev–Trinajstić information content (AvgIpc) is 2.47. The van der Waals surface area contributed by atoms with Crippen LogP contribution < -0.4 is 5.73 Å². The fraction of sp³-hybridized carbons (Fsp3) is 0.267. The van der Waals surface area contributed by atoms with E-state index in [9.17, 15) is 0 Å². The van der Waals surface area contributed by atoms with Gasteiger partial charge in [-0.05, 0) is 36.6 Å². The number of ether oxygens (including phenoxy) is 1. The lowest BCUT2D eigenvalue weighted by Crippen LogP contribution is -2.18. The van der Waals surface area contributed by atoms with Crippen molar-refractivity contribution in [3.05, 3.63) is 53.9 Å². The number of pyridine rings is 1. The van der Waals surface area contributed by atoms with Gasteiger partial charge in [0.25, 0.3) is 0 Å². The summed E-state index contributed by atoms with van der Waals surface area (Å²) in [5.41, 5.74) is 8.37. The van der Waals surface area contributed by atoms with Gasteiger partial charge in [0, 0.05) is 11.6 Å². The topological polar surface area (TPSA) is 48.1 Å². The molecule has 1 aromatic heterocycles. The molecule has 0 radical (unpaired) electrons. The molecule has 0 amide bonds. The van der Waals surface area contributed by atoms with E-state index in [0.29, 0.717) is 0 Å². The van der Waals surface area contributed by atoms with Gasteiger partial charge >= 0.3 is 0 Å². The molecule has 0 saturated carbocycles. The van der Waals surface area contributed by atoms with Gasteiger partial charge in [-0.1, -0.05) is 18.2 Å². The van der Waals surface area contributed by atoms with E-state index < -0.39 is 0 Å². The van der Waals surface area contributed by atoms with Crippen molar-refractivity contribution in [1.82, 2.24) is 4.98 Å². The number of hydrogen-bond donors (Lipinski definition) is 1. The Balaban J connectivity index is 2.05. The highest BCUT2D eigenvalue weighted by Gasteiger charge is 2.17. The van der Waals surface area contributed by atoms with Crippen molar-refractivity contribution in [2.24, 2.45) is 5.73 Å². The lowest BCUT2D eigenvalue weighted by atomic mass is 10.00. The van der Waals surface area contributed by atoms with Gasteiger partial charge in [-0.2, -0.15) is 0 Å². The maximum absolute atomic E-state index is 6.31.